The van der Waals surface area contributed by atoms with Crippen molar-refractivity contribution in [2.75, 3.05) is 19.7 Å². The van der Waals surface area contributed by atoms with Crippen LogP contribution in [0.2, 0.25) is 5.02 Å². The fourth-order valence-electron chi connectivity index (χ4n) is 1.62. The Hall–Kier alpha value is -0.800. The molecule has 0 saturated heterocycles. The quantitative estimate of drug-likeness (QED) is 0.814. The maximum Gasteiger partial charge on any atom is 0.183 e. The SMILES string of the molecule is CC(C)CNCC(C)(C)COc1cccc(Cl)c1F. The molecule has 1 aromatic carbocycles. The second-order valence-corrected chi connectivity index (χ2v) is 6.44. The summed E-state index contributed by atoms with van der Waals surface area (Å²) < 4.78 is 19.2. The molecule has 0 radical (unpaired) electrons. The van der Waals surface area contributed by atoms with Gasteiger partial charge in [-0.2, -0.15) is 0 Å². The first kappa shape index (κ1) is 16.3. The summed E-state index contributed by atoms with van der Waals surface area (Å²) in [5.41, 5.74) is -0.0658. The molecule has 0 aliphatic rings. The molecule has 1 rings (SSSR count). The van der Waals surface area contributed by atoms with Crippen LogP contribution in [0.1, 0.15) is 27.7 Å². The molecule has 0 heterocycles. The molecule has 19 heavy (non-hydrogen) atoms. The van der Waals surface area contributed by atoms with Gasteiger partial charge in [0.1, 0.15) is 0 Å². The molecule has 0 spiro atoms. The summed E-state index contributed by atoms with van der Waals surface area (Å²) in [5, 5.41) is 3.48. The highest BCUT2D eigenvalue weighted by Crippen LogP contribution is 2.26. The summed E-state index contributed by atoms with van der Waals surface area (Å²) >= 11 is 5.71. The van der Waals surface area contributed by atoms with E-state index in [2.05, 4.69) is 33.0 Å². The molecule has 4 heteroatoms. The fourth-order valence-corrected chi connectivity index (χ4v) is 1.78. The standard InChI is InChI=1S/C15H23ClFNO/c1-11(2)8-18-9-15(3,4)10-19-13-7-5-6-12(16)14(13)17/h5-7,11,18H,8-10H2,1-4H3. The maximum atomic E-state index is 13.7. The number of benzene rings is 1. The van der Waals surface area contributed by atoms with E-state index in [0.717, 1.165) is 13.1 Å². The van der Waals surface area contributed by atoms with Gasteiger partial charge in [-0.1, -0.05) is 45.4 Å². The zero-order chi connectivity index (χ0) is 14.5. The molecule has 0 unspecified atom stereocenters. The van der Waals surface area contributed by atoms with Gasteiger partial charge in [-0.3, -0.25) is 0 Å². The van der Waals surface area contributed by atoms with Gasteiger partial charge in [0.25, 0.3) is 0 Å². The molecule has 1 N–H and O–H groups in total. The zero-order valence-electron chi connectivity index (χ0n) is 12.1. The van der Waals surface area contributed by atoms with Crippen LogP contribution in [0, 0.1) is 17.2 Å². The molecular weight excluding hydrogens is 265 g/mol. The summed E-state index contributed by atoms with van der Waals surface area (Å²) in [6, 6.07) is 4.79. The predicted molar refractivity (Wildman–Crippen MR) is 78.4 cm³/mol. The number of hydrogen-bond donors (Lipinski definition) is 1. The minimum absolute atomic E-state index is 0.0658. The second kappa shape index (κ2) is 7.11. The number of nitrogens with one attached hydrogen (secondary N) is 1. The first-order valence-corrected chi connectivity index (χ1v) is 6.97. The molecule has 108 valence electrons. The first-order valence-electron chi connectivity index (χ1n) is 6.59. The average Bonchev–Trinajstić information content (AvgIpc) is 2.30. The Balaban J connectivity index is 2.48. The van der Waals surface area contributed by atoms with E-state index in [4.69, 9.17) is 16.3 Å². The van der Waals surface area contributed by atoms with Gasteiger partial charge in [0.2, 0.25) is 0 Å². The van der Waals surface area contributed by atoms with Crippen molar-refractivity contribution < 1.29 is 9.13 Å². The monoisotopic (exact) mass is 287 g/mol. The van der Waals surface area contributed by atoms with E-state index in [1.165, 1.54) is 6.07 Å². The number of rotatable bonds is 7. The normalized spacial score (nSPS) is 11.9. The minimum atomic E-state index is -0.491. The largest absolute Gasteiger partial charge is 0.490 e. The van der Waals surface area contributed by atoms with Gasteiger partial charge in [0.15, 0.2) is 11.6 Å². The van der Waals surface area contributed by atoms with E-state index >= 15 is 0 Å². The highest BCUT2D eigenvalue weighted by molar-refractivity contribution is 6.30. The van der Waals surface area contributed by atoms with Crippen LogP contribution in [0.3, 0.4) is 0 Å². The number of halogens is 2. The lowest BCUT2D eigenvalue weighted by atomic mass is 9.94. The molecule has 1 aromatic rings. The molecule has 0 bridgehead atoms. The van der Waals surface area contributed by atoms with Gasteiger partial charge in [0.05, 0.1) is 11.6 Å². The number of hydrogen-bond acceptors (Lipinski definition) is 2. The lowest BCUT2D eigenvalue weighted by molar-refractivity contribution is 0.170. The maximum absolute atomic E-state index is 13.7. The predicted octanol–water partition coefficient (Wildman–Crippen LogP) is 4.13. The van der Waals surface area contributed by atoms with Gasteiger partial charge in [-0.25, -0.2) is 4.39 Å². The van der Waals surface area contributed by atoms with E-state index in [9.17, 15) is 4.39 Å². The summed E-state index contributed by atoms with van der Waals surface area (Å²) in [6.07, 6.45) is 0. The third kappa shape index (κ3) is 5.79. The smallest absolute Gasteiger partial charge is 0.183 e. The van der Waals surface area contributed by atoms with Crippen LogP contribution < -0.4 is 10.1 Å². The van der Waals surface area contributed by atoms with Crippen LogP contribution in [0.5, 0.6) is 5.75 Å². The van der Waals surface area contributed by atoms with Crippen LogP contribution >= 0.6 is 11.6 Å². The molecule has 2 nitrogen and oxygen atoms in total. The Kier molecular flexibility index (Phi) is 6.08. The van der Waals surface area contributed by atoms with Crippen molar-refractivity contribution in [3.8, 4) is 5.75 Å². The van der Waals surface area contributed by atoms with Crippen molar-refractivity contribution in [3.05, 3.63) is 29.0 Å². The molecule has 0 aliphatic carbocycles. The lowest BCUT2D eigenvalue weighted by Crippen LogP contribution is -2.36. The third-order valence-electron chi connectivity index (χ3n) is 2.69. The van der Waals surface area contributed by atoms with Gasteiger partial charge in [-0.15, -0.1) is 0 Å². The van der Waals surface area contributed by atoms with Crippen molar-refractivity contribution in [1.82, 2.24) is 5.32 Å². The second-order valence-electron chi connectivity index (χ2n) is 6.03. The minimum Gasteiger partial charge on any atom is -0.490 e. The third-order valence-corrected chi connectivity index (χ3v) is 2.98. The molecule has 0 amide bonds. The van der Waals surface area contributed by atoms with Gasteiger partial charge < -0.3 is 10.1 Å². The van der Waals surface area contributed by atoms with Crippen molar-refractivity contribution in [3.63, 3.8) is 0 Å². The highest BCUT2D eigenvalue weighted by Gasteiger charge is 2.20. The van der Waals surface area contributed by atoms with Gasteiger partial charge >= 0.3 is 0 Å². The summed E-state index contributed by atoms with van der Waals surface area (Å²) in [7, 11) is 0. The Morgan fingerprint density at radius 2 is 2.05 bits per heavy atom. The van der Waals surface area contributed by atoms with E-state index in [-0.39, 0.29) is 16.2 Å². The van der Waals surface area contributed by atoms with Gasteiger partial charge in [-0.05, 0) is 24.6 Å². The van der Waals surface area contributed by atoms with E-state index in [1.807, 2.05) is 0 Å². The van der Waals surface area contributed by atoms with E-state index in [1.54, 1.807) is 12.1 Å². The Morgan fingerprint density at radius 3 is 2.68 bits per heavy atom. The van der Waals surface area contributed by atoms with Crippen LogP contribution in [0.4, 0.5) is 4.39 Å². The molecule has 0 fully saturated rings. The highest BCUT2D eigenvalue weighted by atomic mass is 35.5. The van der Waals surface area contributed by atoms with Crippen molar-refractivity contribution in [2.45, 2.75) is 27.7 Å². The summed E-state index contributed by atoms with van der Waals surface area (Å²) in [5.74, 6) is 0.335. The molecule has 0 aliphatic heterocycles. The van der Waals surface area contributed by atoms with Gasteiger partial charge in [0, 0.05) is 12.0 Å². The average molecular weight is 288 g/mol. The van der Waals surface area contributed by atoms with Crippen molar-refractivity contribution in [2.24, 2.45) is 11.3 Å². The van der Waals surface area contributed by atoms with Crippen LogP contribution in [-0.4, -0.2) is 19.7 Å². The molecule has 0 aromatic heterocycles. The zero-order valence-corrected chi connectivity index (χ0v) is 12.9. The van der Waals surface area contributed by atoms with Crippen LogP contribution in [-0.2, 0) is 0 Å². The number of ether oxygens (including phenoxy) is 1. The first-order chi connectivity index (χ1) is 8.82. The molecule has 0 saturated carbocycles. The lowest BCUT2D eigenvalue weighted by Gasteiger charge is -2.26. The summed E-state index contributed by atoms with van der Waals surface area (Å²) in [6.45, 7) is 10.7. The van der Waals surface area contributed by atoms with Crippen molar-refractivity contribution >= 4 is 11.6 Å². The fraction of sp³-hybridized carbons (Fsp3) is 0.600. The molecular formula is C15H23ClFNO. The Labute approximate surface area is 120 Å². The Morgan fingerprint density at radius 1 is 1.37 bits per heavy atom. The molecule has 0 atom stereocenters. The summed E-state index contributed by atoms with van der Waals surface area (Å²) in [4.78, 5) is 0. The van der Waals surface area contributed by atoms with Crippen molar-refractivity contribution in [1.29, 1.82) is 0 Å². The van der Waals surface area contributed by atoms with Crippen LogP contribution in [0.15, 0.2) is 18.2 Å². The topological polar surface area (TPSA) is 21.3 Å². The van der Waals surface area contributed by atoms with Crippen LogP contribution in [0.25, 0.3) is 0 Å². The van der Waals surface area contributed by atoms with E-state index < -0.39 is 5.82 Å². The Bertz CT molecular complexity index is 407. The van der Waals surface area contributed by atoms with E-state index in [0.29, 0.717) is 12.5 Å².